The maximum atomic E-state index is 12.2. The lowest BCUT2D eigenvalue weighted by Gasteiger charge is -2.09. The molecule has 1 heterocycles. The summed E-state index contributed by atoms with van der Waals surface area (Å²) in [5, 5.41) is 9.91. The number of fused-ring (bicyclic) bond motifs is 1. The Hall–Kier alpha value is -2.08. The van der Waals surface area contributed by atoms with Gasteiger partial charge in [-0.25, -0.2) is 0 Å². The van der Waals surface area contributed by atoms with E-state index in [4.69, 9.17) is 5.26 Å². The lowest BCUT2D eigenvalue weighted by molar-refractivity contribution is -0.123. The van der Waals surface area contributed by atoms with Crippen LogP contribution in [0.3, 0.4) is 0 Å². The van der Waals surface area contributed by atoms with Crippen molar-refractivity contribution in [3.05, 3.63) is 36.0 Å². The van der Waals surface area contributed by atoms with Gasteiger partial charge in [0.1, 0.15) is 0 Å². The second-order valence-electron chi connectivity index (χ2n) is 5.28. The van der Waals surface area contributed by atoms with Crippen LogP contribution in [0.5, 0.6) is 0 Å². The van der Waals surface area contributed by atoms with Gasteiger partial charge in [-0.05, 0) is 37.1 Å². The maximum absolute atomic E-state index is 12.2. The van der Waals surface area contributed by atoms with Gasteiger partial charge in [-0.1, -0.05) is 12.8 Å². The number of ketones is 1. The quantitative estimate of drug-likeness (QED) is 0.841. The first kappa shape index (κ1) is 12.0. The van der Waals surface area contributed by atoms with E-state index in [-0.39, 0.29) is 5.92 Å². The number of hydrogen-bond donors (Lipinski definition) is 0. The molecular weight excluding hydrogens is 236 g/mol. The largest absolute Gasteiger partial charge is 0.340 e. The van der Waals surface area contributed by atoms with E-state index < -0.39 is 0 Å². The zero-order valence-electron chi connectivity index (χ0n) is 10.8. The van der Waals surface area contributed by atoms with Gasteiger partial charge in [0.25, 0.3) is 0 Å². The Morgan fingerprint density at radius 3 is 2.84 bits per heavy atom. The first-order valence-corrected chi connectivity index (χ1v) is 6.79. The van der Waals surface area contributed by atoms with Crippen molar-refractivity contribution < 1.29 is 4.79 Å². The maximum Gasteiger partial charge on any atom is 0.155 e. The monoisotopic (exact) mass is 252 g/mol. The van der Waals surface area contributed by atoms with Gasteiger partial charge in [-0.2, -0.15) is 5.26 Å². The molecule has 0 radical (unpaired) electrons. The molecule has 2 aromatic rings. The lowest BCUT2D eigenvalue weighted by Crippen LogP contribution is -2.17. The summed E-state index contributed by atoms with van der Waals surface area (Å²) in [6, 6.07) is 9.71. The van der Waals surface area contributed by atoms with Gasteiger partial charge in [-0.15, -0.1) is 0 Å². The van der Waals surface area contributed by atoms with Gasteiger partial charge in [0.15, 0.2) is 5.78 Å². The highest BCUT2D eigenvalue weighted by molar-refractivity contribution is 5.86. The third-order valence-electron chi connectivity index (χ3n) is 4.04. The van der Waals surface area contributed by atoms with Crippen LogP contribution in [0.25, 0.3) is 10.9 Å². The summed E-state index contributed by atoms with van der Waals surface area (Å²) in [5.41, 5.74) is 1.69. The van der Waals surface area contributed by atoms with E-state index in [0.29, 0.717) is 17.9 Å². The normalized spacial score (nSPS) is 15.7. The summed E-state index contributed by atoms with van der Waals surface area (Å²) in [6.45, 7) is 0.458. The smallest absolute Gasteiger partial charge is 0.155 e. The fraction of sp³-hybridized carbons (Fsp3) is 0.375. The molecule has 0 atom stereocenters. The Labute approximate surface area is 112 Å². The predicted octanol–water partition coefficient (Wildman–Crippen LogP) is 3.27. The van der Waals surface area contributed by atoms with Gasteiger partial charge < -0.3 is 4.57 Å². The average molecular weight is 252 g/mol. The van der Waals surface area contributed by atoms with Crippen molar-refractivity contribution in [2.24, 2.45) is 5.92 Å². The number of nitrogens with zero attached hydrogens (tertiary/aromatic N) is 2. The lowest BCUT2D eigenvalue weighted by atomic mass is 10.0. The van der Waals surface area contributed by atoms with Crippen molar-refractivity contribution in [3.63, 3.8) is 0 Å². The van der Waals surface area contributed by atoms with Crippen LogP contribution in [0.2, 0.25) is 0 Å². The highest BCUT2D eigenvalue weighted by Crippen LogP contribution is 2.26. The third-order valence-corrected chi connectivity index (χ3v) is 4.04. The van der Waals surface area contributed by atoms with E-state index in [1.165, 1.54) is 12.8 Å². The minimum absolute atomic E-state index is 0.260. The molecule has 0 N–H and O–H groups in total. The van der Waals surface area contributed by atoms with E-state index in [1.54, 1.807) is 6.07 Å². The Kier molecular flexibility index (Phi) is 3.08. The van der Waals surface area contributed by atoms with Gasteiger partial charge in [-0.3, -0.25) is 4.79 Å². The first-order chi connectivity index (χ1) is 9.28. The number of rotatable bonds is 3. The number of carbonyl (C=O) groups is 1. The standard InChI is InChI=1S/C16H16N2O/c17-10-12-5-6-15-14(9-12)7-8-18(15)11-16(19)13-3-1-2-4-13/h5-9,13H,1-4,11H2. The molecule has 3 nitrogen and oxygen atoms in total. The molecule has 1 aliphatic rings. The molecule has 1 aromatic carbocycles. The second kappa shape index (κ2) is 4.89. The fourth-order valence-electron chi connectivity index (χ4n) is 2.95. The van der Waals surface area contributed by atoms with Crippen LogP contribution in [0, 0.1) is 17.2 Å². The van der Waals surface area contributed by atoms with Crippen LogP contribution in [0.4, 0.5) is 0 Å². The van der Waals surface area contributed by atoms with Crippen molar-refractivity contribution >= 4 is 16.7 Å². The third kappa shape index (κ3) is 2.26. The van der Waals surface area contributed by atoms with E-state index in [0.717, 1.165) is 23.7 Å². The van der Waals surface area contributed by atoms with Gasteiger partial charge in [0.2, 0.25) is 0 Å². The molecule has 1 aromatic heterocycles. The molecule has 0 saturated heterocycles. The van der Waals surface area contributed by atoms with Crippen molar-refractivity contribution in [3.8, 4) is 6.07 Å². The zero-order valence-corrected chi connectivity index (χ0v) is 10.8. The van der Waals surface area contributed by atoms with Crippen LogP contribution >= 0.6 is 0 Å². The Bertz CT molecular complexity index is 657. The Morgan fingerprint density at radius 2 is 2.11 bits per heavy atom. The summed E-state index contributed by atoms with van der Waals surface area (Å²) < 4.78 is 2.00. The molecule has 1 aliphatic carbocycles. The molecule has 96 valence electrons. The van der Waals surface area contributed by atoms with Crippen LogP contribution in [-0.4, -0.2) is 10.4 Å². The van der Waals surface area contributed by atoms with Crippen LogP contribution < -0.4 is 0 Å². The van der Waals surface area contributed by atoms with Gasteiger partial charge in [0.05, 0.1) is 18.2 Å². The summed E-state index contributed by atoms with van der Waals surface area (Å²) in [6.07, 6.45) is 6.43. The van der Waals surface area contributed by atoms with Gasteiger partial charge >= 0.3 is 0 Å². The minimum Gasteiger partial charge on any atom is -0.340 e. The summed E-state index contributed by atoms with van der Waals surface area (Å²) in [5.74, 6) is 0.607. The number of hydrogen-bond acceptors (Lipinski definition) is 2. The molecule has 0 aliphatic heterocycles. The van der Waals surface area contributed by atoms with E-state index in [9.17, 15) is 4.79 Å². The molecule has 19 heavy (non-hydrogen) atoms. The van der Waals surface area contributed by atoms with Crippen LogP contribution in [-0.2, 0) is 11.3 Å². The number of carbonyl (C=O) groups excluding carboxylic acids is 1. The number of benzene rings is 1. The average Bonchev–Trinajstić information content (AvgIpc) is 3.08. The molecule has 0 spiro atoms. The van der Waals surface area contributed by atoms with Crippen LogP contribution in [0.1, 0.15) is 31.2 Å². The molecule has 0 bridgehead atoms. The van der Waals surface area contributed by atoms with Crippen molar-refractivity contribution in [1.29, 1.82) is 5.26 Å². The molecule has 3 heteroatoms. The fourth-order valence-corrected chi connectivity index (χ4v) is 2.95. The van der Waals surface area contributed by atoms with E-state index >= 15 is 0 Å². The van der Waals surface area contributed by atoms with Crippen molar-refractivity contribution in [1.82, 2.24) is 4.57 Å². The SMILES string of the molecule is N#Cc1ccc2c(ccn2CC(=O)C2CCCC2)c1. The van der Waals surface area contributed by atoms with E-state index in [2.05, 4.69) is 6.07 Å². The first-order valence-electron chi connectivity index (χ1n) is 6.79. The molecule has 1 saturated carbocycles. The number of nitriles is 1. The topological polar surface area (TPSA) is 45.8 Å². The van der Waals surface area contributed by atoms with E-state index in [1.807, 2.05) is 29.0 Å². The molecule has 1 fully saturated rings. The molecule has 0 amide bonds. The molecular formula is C16H16N2O. The Balaban J connectivity index is 1.85. The van der Waals surface area contributed by atoms with Crippen molar-refractivity contribution in [2.45, 2.75) is 32.2 Å². The second-order valence-corrected chi connectivity index (χ2v) is 5.28. The zero-order chi connectivity index (χ0) is 13.2. The highest BCUT2D eigenvalue weighted by Gasteiger charge is 2.22. The molecule has 3 rings (SSSR count). The number of aromatic nitrogens is 1. The summed E-state index contributed by atoms with van der Waals surface area (Å²) >= 11 is 0. The molecule has 0 unspecified atom stereocenters. The van der Waals surface area contributed by atoms with Gasteiger partial charge in [0, 0.05) is 23.0 Å². The number of Topliss-reactive ketones (excluding diaryl/α,β-unsaturated/α-hetero) is 1. The van der Waals surface area contributed by atoms with Crippen molar-refractivity contribution in [2.75, 3.05) is 0 Å². The highest BCUT2D eigenvalue weighted by atomic mass is 16.1. The summed E-state index contributed by atoms with van der Waals surface area (Å²) in [7, 11) is 0. The summed E-state index contributed by atoms with van der Waals surface area (Å²) in [4.78, 5) is 12.2. The van der Waals surface area contributed by atoms with Crippen LogP contribution in [0.15, 0.2) is 30.5 Å². The predicted molar refractivity (Wildman–Crippen MR) is 73.6 cm³/mol. The minimum atomic E-state index is 0.260. The Morgan fingerprint density at radius 1 is 1.32 bits per heavy atom.